The van der Waals surface area contributed by atoms with Crippen LogP contribution in [0.15, 0.2) is 48.5 Å². The Labute approximate surface area is 147 Å². The zero-order chi connectivity index (χ0) is 17.1. The normalized spacial score (nSPS) is 12.8. The van der Waals surface area contributed by atoms with E-state index in [2.05, 4.69) is 15.5 Å². The van der Waals surface area contributed by atoms with Gasteiger partial charge in [0.1, 0.15) is 0 Å². The summed E-state index contributed by atoms with van der Waals surface area (Å²) in [5.41, 5.74) is 1.95. The fourth-order valence-electron chi connectivity index (χ4n) is 1.92. The molecule has 23 heavy (non-hydrogen) atoms. The summed E-state index contributed by atoms with van der Waals surface area (Å²) in [6.07, 6.45) is 0. The molecular weight excluding hydrogens is 375 g/mol. The molecule has 5 heteroatoms. The third kappa shape index (κ3) is 6.14. The number of halogens is 1. The summed E-state index contributed by atoms with van der Waals surface area (Å²) in [6, 6.07) is 15.7. The molecule has 0 heterocycles. The Bertz CT molecular complexity index is 585. The van der Waals surface area contributed by atoms with Gasteiger partial charge in [0.05, 0.1) is 0 Å². The van der Waals surface area contributed by atoms with E-state index in [1.165, 1.54) is 11.1 Å². The molecular formula is C18H24BrO3P. The molecule has 0 spiro atoms. The van der Waals surface area contributed by atoms with Crippen LogP contribution in [0.5, 0.6) is 11.5 Å². The van der Waals surface area contributed by atoms with Gasteiger partial charge in [0, 0.05) is 0 Å². The van der Waals surface area contributed by atoms with E-state index in [9.17, 15) is 0 Å². The molecule has 0 amide bonds. The van der Waals surface area contributed by atoms with Gasteiger partial charge in [-0.25, -0.2) is 0 Å². The number of rotatable bonds is 5. The molecule has 0 fully saturated rings. The van der Waals surface area contributed by atoms with Gasteiger partial charge >= 0.3 is 147 Å². The van der Waals surface area contributed by atoms with Gasteiger partial charge in [0.25, 0.3) is 0 Å². The summed E-state index contributed by atoms with van der Waals surface area (Å²) >= 11 is 3.60. The van der Waals surface area contributed by atoms with E-state index in [1.807, 2.05) is 83.1 Å². The Morgan fingerprint density at radius 2 is 1.09 bits per heavy atom. The fraction of sp³-hybridized carbons (Fsp3) is 0.333. The van der Waals surface area contributed by atoms with Gasteiger partial charge in [0.2, 0.25) is 0 Å². The fourth-order valence-corrected chi connectivity index (χ4v) is 6.19. The summed E-state index contributed by atoms with van der Waals surface area (Å²) in [5.74, 6) is 1.44. The first kappa shape index (κ1) is 18.3. The van der Waals surface area contributed by atoms with Gasteiger partial charge in [-0.15, -0.1) is 0 Å². The van der Waals surface area contributed by atoms with Crippen molar-refractivity contribution in [1.82, 2.24) is 0 Å². The molecule has 0 bridgehead atoms. The maximum absolute atomic E-state index is 6.10. The van der Waals surface area contributed by atoms with E-state index in [0.717, 1.165) is 11.5 Å². The molecule has 0 saturated heterocycles. The molecule has 0 N–H and O–H groups in total. The van der Waals surface area contributed by atoms with E-state index in [0.29, 0.717) is 0 Å². The number of aryl methyl sites for hydroxylation is 2. The predicted molar refractivity (Wildman–Crippen MR) is 102 cm³/mol. The van der Waals surface area contributed by atoms with Gasteiger partial charge in [0.15, 0.2) is 0 Å². The molecule has 0 aliphatic carbocycles. The molecule has 2 aromatic rings. The molecule has 0 saturated carbocycles. The second-order valence-electron chi connectivity index (χ2n) is 6.53. The number of hydrogen-bond acceptors (Lipinski definition) is 3. The van der Waals surface area contributed by atoms with Gasteiger partial charge in [-0.2, -0.15) is 0 Å². The molecule has 126 valence electrons. The predicted octanol–water partition coefficient (Wildman–Crippen LogP) is 6.38. The van der Waals surface area contributed by atoms with Crippen LogP contribution < -0.4 is 9.05 Å². The Kier molecular flexibility index (Phi) is 5.72. The average molecular weight is 399 g/mol. The van der Waals surface area contributed by atoms with E-state index >= 15 is 0 Å². The minimum absolute atomic E-state index is 0.398. The molecule has 0 atom stereocenters. The monoisotopic (exact) mass is 398 g/mol. The standard InChI is InChI=1S/C18H24BrO3P/c1-14-6-10-16(11-7-14)20-23(19,22-18(3,4)5)21-17-12-8-15(2)9-13-17/h6-13,23H,1-5H3. The Hall–Kier alpha value is -1.09. The van der Waals surface area contributed by atoms with Crippen molar-refractivity contribution in [1.29, 1.82) is 0 Å². The molecule has 3 nitrogen and oxygen atoms in total. The Morgan fingerprint density at radius 1 is 0.739 bits per heavy atom. The van der Waals surface area contributed by atoms with Gasteiger partial charge < -0.3 is 0 Å². The van der Waals surface area contributed by atoms with Crippen molar-refractivity contribution < 1.29 is 13.6 Å². The van der Waals surface area contributed by atoms with Crippen LogP contribution in [0.1, 0.15) is 31.9 Å². The number of benzene rings is 2. The number of hydrogen-bond donors (Lipinski definition) is 0. The topological polar surface area (TPSA) is 27.7 Å². The summed E-state index contributed by atoms with van der Waals surface area (Å²) in [5, 5.41) is 0. The third-order valence-electron chi connectivity index (χ3n) is 2.95. The van der Waals surface area contributed by atoms with Crippen molar-refractivity contribution in [2.24, 2.45) is 0 Å². The molecule has 0 aliphatic rings. The van der Waals surface area contributed by atoms with E-state index in [1.54, 1.807) is 0 Å². The van der Waals surface area contributed by atoms with Gasteiger partial charge in [-0.1, -0.05) is 0 Å². The van der Waals surface area contributed by atoms with E-state index in [-0.39, 0.29) is 0 Å². The van der Waals surface area contributed by atoms with Crippen molar-refractivity contribution in [3.05, 3.63) is 59.7 Å². The van der Waals surface area contributed by atoms with Crippen LogP contribution in [0.25, 0.3) is 0 Å². The molecule has 0 unspecified atom stereocenters. The van der Waals surface area contributed by atoms with Crippen LogP contribution in [0.3, 0.4) is 0 Å². The minimum atomic E-state index is -3.09. The molecule has 0 aliphatic heterocycles. The first-order chi connectivity index (χ1) is 10.7. The summed E-state index contributed by atoms with van der Waals surface area (Å²) < 4.78 is 18.3. The Morgan fingerprint density at radius 3 is 1.39 bits per heavy atom. The molecule has 2 rings (SSSR count). The van der Waals surface area contributed by atoms with Gasteiger partial charge in [-0.05, 0) is 0 Å². The van der Waals surface area contributed by atoms with Crippen molar-refractivity contribution in [2.75, 3.05) is 0 Å². The van der Waals surface area contributed by atoms with E-state index in [4.69, 9.17) is 13.6 Å². The van der Waals surface area contributed by atoms with Crippen molar-refractivity contribution in [3.8, 4) is 11.5 Å². The van der Waals surface area contributed by atoms with Crippen LogP contribution in [-0.4, -0.2) is 5.60 Å². The SMILES string of the molecule is Cc1ccc(O[PH](Br)(Oc2ccc(C)cc2)OC(C)(C)C)cc1. The molecule has 0 radical (unpaired) electrons. The first-order valence-corrected chi connectivity index (χ1v) is 11.5. The summed E-state index contributed by atoms with van der Waals surface area (Å²) in [4.78, 5) is 0. The van der Waals surface area contributed by atoms with Crippen molar-refractivity contribution in [3.63, 3.8) is 0 Å². The summed E-state index contributed by atoms with van der Waals surface area (Å²) in [7, 11) is 0. The van der Waals surface area contributed by atoms with Gasteiger partial charge in [-0.3, -0.25) is 0 Å². The zero-order valence-corrected chi connectivity index (χ0v) is 16.8. The third-order valence-corrected chi connectivity index (χ3v) is 6.22. The maximum atomic E-state index is 6.10. The van der Waals surface area contributed by atoms with Crippen LogP contribution in [0, 0.1) is 13.8 Å². The quantitative estimate of drug-likeness (QED) is 0.546. The second kappa shape index (κ2) is 7.21. The van der Waals surface area contributed by atoms with Crippen molar-refractivity contribution in [2.45, 2.75) is 40.2 Å². The van der Waals surface area contributed by atoms with Crippen molar-refractivity contribution >= 4 is 22.1 Å². The van der Waals surface area contributed by atoms with Crippen LogP contribution in [0.4, 0.5) is 0 Å². The molecule has 0 aromatic heterocycles. The average Bonchev–Trinajstić information content (AvgIpc) is 2.42. The van der Waals surface area contributed by atoms with Crippen LogP contribution in [0.2, 0.25) is 0 Å². The summed E-state index contributed by atoms with van der Waals surface area (Å²) in [6.45, 7) is 6.93. The Balaban J connectivity index is 2.23. The van der Waals surface area contributed by atoms with Crippen LogP contribution in [-0.2, 0) is 4.52 Å². The molecule has 2 aromatic carbocycles. The van der Waals surface area contributed by atoms with Crippen LogP contribution >= 0.6 is 22.1 Å². The van der Waals surface area contributed by atoms with E-state index < -0.39 is 12.2 Å². The first-order valence-electron chi connectivity index (χ1n) is 7.56. The zero-order valence-electron chi connectivity index (χ0n) is 14.2. The second-order valence-corrected chi connectivity index (χ2v) is 11.0.